The summed E-state index contributed by atoms with van der Waals surface area (Å²) in [5.74, 6) is 5.10. The molecule has 0 aliphatic carbocycles. The number of nitrogen functional groups attached to an aromatic ring is 1. The van der Waals surface area contributed by atoms with E-state index in [1.807, 2.05) is 12.1 Å². The first-order chi connectivity index (χ1) is 10.7. The van der Waals surface area contributed by atoms with Gasteiger partial charge in [0.05, 0.1) is 7.11 Å². The molecule has 0 saturated heterocycles. The number of amides is 1. The van der Waals surface area contributed by atoms with Crippen molar-refractivity contribution in [2.24, 2.45) is 0 Å². The second-order valence-corrected chi connectivity index (χ2v) is 5.82. The molecule has 124 valence electrons. The molecule has 1 atom stereocenters. The molecule has 0 radical (unpaired) electrons. The number of ether oxygens (including phenoxy) is 2. The lowest BCUT2D eigenvalue weighted by atomic mass is 10.1. The van der Waals surface area contributed by atoms with Gasteiger partial charge in [-0.1, -0.05) is 24.0 Å². The van der Waals surface area contributed by atoms with E-state index in [1.54, 1.807) is 32.9 Å². The van der Waals surface area contributed by atoms with Crippen LogP contribution in [-0.4, -0.2) is 30.8 Å². The second-order valence-electron chi connectivity index (χ2n) is 5.82. The minimum Gasteiger partial charge on any atom is -0.467 e. The molecule has 23 heavy (non-hydrogen) atoms. The van der Waals surface area contributed by atoms with Crippen molar-refractivity contribution in [2.45, 2.75) is 38.8 Å². The van der Waals surface area contributed by atoms with Crippen LogP contribution < -0.4 is 11.1 Å². The minimum atomic E-state index is -0.910. The molecular formula is C17H22N2O4. The highest BCUT2D eigenvalue weighted by atomic mass is 16.6. The van der Waals surface area contributed by atoms with Gasteiger partial charge in [0.2, 0.25) is 0 Å². The normalized spacial score (nSPS) is 11.7. The van der Waals surface area contributed by atoms with E-state index in [4.69, 9.17) is 10.5 Å². The lowest BCUT2D eigenvalue weighted by Crippen LogP contribution is -2.43. The zero-order valence-corrected chi connectivity index (χ0v) is 13.8. The van der Waals surface area contributed by atoms with Crippen molar-refractivity contribution in [3.63, 3.8) is 0 Å². The van der Waals surface area contributed by atoms with E-state index in [0.29, 0.717) is 11.3 Å². The molecule has 0 bridgehead atoms. The van der Waals surface area contributed by atoms with Crippen LogP contribution in [-0.2, 0) is 14.3 Å². The van der Waals surface area contributed by atoms with Crippen LogP contribution in [0.2, 0.25) is 0 Å². The SMILES string of the molecule is COC(=O)C(CC#Cc1ccccc1N)NC(=O)OC(C)(C)C. The van der Waals surface area contributed by atoms with Crippen LogP contribution in [0.15, 0.2) is 24.3 Å². The molecule has 0 saturated carbocycles. The fourth-order valence-electron chi connectivity index (χ4n) is 1.64. The summed E-state index contributed by atoms with van der Waals surface area (Å²) in [6.45, 7) is 5.20. The van der Waals surface area contributed by atoms with Gasteiger partial charge >= 0.3 is 12.1 Å². The number of carbonyl (C=O) groups is 2. The molecule has 0 heterocycles. The van der Waals surface area contributed by atoms with Crippen LogP contribution in [0, 0.1) is 11.8 Å². The van der Waals surface area contributed by atoms with Gasteiger partial charge in [-0.05, 0) is 32.9 Å². The first-order valence-electron chi connectivity index (χ1n) is 7.13. The van der Waals surface area contributed by atoms with E-state index in [9.17, 15) is 9.59 Å². The molecule has 0 aliphatic heterocycles. The van der Waals surface area contributed by atoms with Crippen LogP contribution in [0.4, 0.5) is 10.5 Å². The number of hydrogen-bond donors (Lipinski definition) is 2. The molecular weight excluding hydrogens is 296 g/mol. The van der Waals surface area contributed by atoms with Gasteiger partial charge in [-0.3, -0.25) is 0 Å². The van der Waals surface area contributed by atoms with Gasteiger partial charge in [0.15, 0.2) is 0 Å². The van der Waals surface area contributed by atoms with Gasteiger partial charge in [0.1, 0.15) is 11.6 Å². The average Bonchev–Trinajstić information content (AvgIpc) is 2.45. The Balaban J connectivity index is 2.75. The second kappa shape index (κ2) is 8.08. The van der Waals surface area contributed by atoms with E-state index >= 15 is 0 Å². The summed E-state index contributed by atoms with van der Waals surface area (Å²) in [6, 6.07) is 6.23. The highest BCUT2D eigenvalue weighted by molar-refractivity contribution is 5.81. The molecule has 1 unspecified atom stereocenters. The fourth-order valence-corrected chi connectivity index (χ4v) is 1.64. The number of nitrogens with one attached hydrogen (secondary N) is 1. The molecule has 0 aromatic heterocycles. The highest BCUT2D eigenvalue weighted by Gasteiger charge is 2.24. The average molecular weight is 318 g/mol. The predicted octanol–water partition coefficient (Wildman–Crippen LogP) is 2.08. The summed E-state index contributed by atoms with van der Waals surface area (Å²) in [4.78, 5) is 23.5. The van der Waals surface area contributed by atoms with Crippen molar-refractivity contribution in [2.75, 3.05) is 12.8 Å². The third-order valence-corrected chi connectivity index (χ3v) is 2.67. The number of methoxy groups -OCH3 is 1. The molecule has 3 N–H and O–H groups in total. The lowest BCUT2D eigenvalue weighted by Gasteiger charge is -2.21. The maximum absolute atomic E-state index is 11.8. The van der Waals surface area contributed by atoms with E-state index in [0.717, 1.165) is 0 Å². The summed E-state index contributed by atoms with van der Waals surface area (Å²) < 4.78 is 9.79. The molecule has 6 heteroatoms. The van der Waals surface area contributed by atoms with Crippen LogP contribution in [0.5, 0.6) is 0 Å². The van der Waals surface area contributed by atoms with E-state index in [1.165, 1.54) is 7.11 Å². The van der Waals surface area contributed by atoms with Crippen molar-refractivity contribution < 1.29 is 19.1 Å². The minimum absolute atomic E-state index is 0.0836. The Kier molecular flexibility index (Phi) is 6.46. The number of rotatable bonds is 3. The number of esters is 1. The molecule has 0 aliphatic rings. The fraction of sp³-hybridized carbons (Fsp3) is 0.412. The maximum atomic E-state index is 11.8. The molecule has 1 aromatic carbocycles. The molecule has 0 fully saturated rings. The number of nitrogens with two attached hydrogens (primary N) is 1. The first-order valence-corrected chi connectivity index (χ1v) is 7.13. The van der Waals surface area contributed by atoms with E-state index < -0.39 is 23.7 Å². The Labute approximate surface area is 136 Å². The van der Waals surface area contributed by atoms with Crippen molar-refractivity contribution in [1.29, 1.82) is 0 Å². The maximum Gasteiger partial charge on any atom is 0.408 e. The Morgan fingerprint density at radius 3 is 2.52 bits per heavy atom. The van der Waals surface area contributed by atoms with Gasteiger partial charge in [0, 0.05) is 17.7 Å². The molecule has 6 nitrogen and oxygen atoms in total. The molecule has 1 amide bonds. The summed E-state index contributed by atoms with van der Waals surface area (Å²) in [5, 5.41) is 2.46. The number of anilines is 1. The number of benzene rings is 1. The number of alkyl carbamates (subject to hydrolysis) is 1. The number of hydrogen-bond acceptors (Lipinski definition) is 5. The number of carbonyl (C=O) groups excluding carboxylic acids is 2. The summed E-state index contributed by atoms with van der Waals surface area (Å²) >= 11 is 0. The molecule has 1 rings (SSSR count). The molecule has 1 aromatic rings. The quantitative estimate of drug-likeness (QED) is 0.506. The Hall–Kier alpha value is -2.68. The highest BCUT2D eigenvalue weighted by Crippen LogP contribution is 2.09. The van der Waals surface area contributed by atoms with Crippen molar-refractivity contribution in [3.05, 3.63) is 29.8 Å². The smallest absolute Gasteiger partial charge is 0.408 e. The predicted molar refractivity (Wildman–Crippen MR) is 87.5 cm³/mol. The van der Waals surface area contributed by atoms with Gasteiger partial charge in [0.25, 0.3) is 0 Å². The summed E-state index contributed by atoms with van der Waals surface area (Å²) in [7, 11) is 1.24. The van der Waals surface area contributed by atoms with Gasteiger partial charge < -0.3 is 20.5 Å². The Morgan fingerprint density at radius 2 is 1.96 bits per heavy atom. The van der Waals surface area contributed by atoms with Crippen LogP contribution in [0.1, 0.15) is 32.8 Å². The van der Waals surface area contributed by atoms with E-state index in [2.05, 4.69) is 21.9 Å². The monoisotopic (exact) mass is 318 g/mol. The molecule has 0 spiro atoms. The topological polar surface area (TPSA) is 90.6 Å². The third kappa shape index (κ3) is 6.74. The van der Waals surface area contributed by atoms with Crippen molar-refractivity contribution in [1.82, 2.24) is 5.32 Å². The van der Waals surface area contributed by atoms with E-state index in [-0.39, 0.29) is 6.42 Å². The summed E-state index contributed by atoms with van der Waals surface area (Å²) in [6.07, 6.45) is -0.616. The zero-order chi connectivity index (χ0) is 17.5. The van der Waals surface area contributed by atoms with Crippen LogP contribution >= 0.6 is 0 Å². The van der Waals surface area contributed by atoms with Crippen LogP contribution in [0.3, 0.4) is 0 Å². The first kappa shape index (κ1) is 18.4. The van der Waals surface area contributed by atoms with Gasteiger partial charge in [-0.25, -0.2) is 9.59 Å². The third-order valence-electron chi connectivity index (χ3n) is 2.67. The Morgan fingerprint density at radius 1 is 1.30 bits per heavy atom. The van der Waals surface area contributed by atoms with Crippen LogP contribution in [0.25, 0.3) is 0 Å². The largest absolute Gasteiger partial charge is 0.467 e. The Bertz CT molecular complexity index is 623. The summed E-state index contributed by atoms with van der Waals surface area (Å²) in [5.41, 5.74) is 6.34. The zero-order valence-electron chi connectivity index (χ0n) is 13.8. The van der Waals surface area contributed by atoms with Gasteiger partial charge in [-0.15, -0.1) is 0 Å². The van der Waals surface area contributed by atoms with Crippen molar-refractivity contribution >= 4 is 17.7 Å². The number of para-hydroxylation sites is 1. The standard InChI is InChI=1S/C17H22N2O4/c1-17(2,3)23-16(21)19-14(15(20)22-4)11-7-9-12-8-5-6-10-13(12)18/h5-6,8,10,14H,11,18H2,1-4H3,(H,19,21). The lowest BCUT2D eigenvalue weighted by molar-refractivity contribution is -0.143. The van der Waals surface area contributed by atoms with Gasteiger partial charge in [-0.2, -0.15) is 0 Å². The van der Waals surface area contributed by atoms with Crippen molar-refractivity contribution in [3.8, 4) is 11.8 Å².